The Morgan fingerprint density at radius 3 is 2.33 bits per heavy atom. The molecule has 1 N–H and O–H groups in total. The van der Waals surface area contributed by atoms with Gasteiger partial charge in [-0.25, -0.2) is 4.98 Å². The van der Waals surface area contributed by atoms with Crippen LogP contribution in [-0.4, -0.2) is 36.2 Å². The number of hydrogen-bond donors (Lipinski definition) is 1. The maximum absolute atomic E-state index is 12.7. The molecule has 0 spiro atoms. The number of hydrogen-bond acceptors (Lipinski definition) is 3. The molecule has 2 heterocycles. The molecule has 0 aromatic carbocycles. The minimum atomic E-state index is -4.12. The van der Waals surface area contributed by atoms with E-state index in [1.165, 1.54) is 0 Å². The maximum Gasteiger partial charge on any atom is 0.391 e. The van der Waals surface area contributed by atoms with Crippen LogP contribution in [0.3, 0.4) is 0 Å². The maximum atomic E-state index is 12.7. The average molecular weight is 341 g/mol. The molecule has 1 saturated carbocycles. The highest BCUT2D eigenvalue weighted by Gasteiger charge is 2.41. The lowest BCUT2D eigenvalue weighted by Crippen LogP contribution is -2.40. The van der Waals surface area contributed by atoms with Gasteiger partial charge >= 0.3 is 6.18 Å². The van der Waals surface area contributed by atoms with Crippen molar-refractivity contribution in [1.82, 2.24) is 10.3 Å². The molecule has 4 nitrogen and oxygen atoms in total. The van der Waals surface area contributed by atoms with Crippen LogP contribution < -0.4 is 10.2 Å². The van der Waals surface area contributed by atoms with Gasteiger partial charge in [0.2, 0.25) is 0 Å². The summed E-state index contributed by atoms with van der Waals surface area (Å²) >= 11 is 0. The molecule has 2 fully saturated rings. The van der Waals surface area contributed by atoms with Crippen molar-refractivity contribution in [3.05, 3.63) is 23.9 Å². The fourth-order valence-corrected chi connectivity index (χ4v) is 3.49. The average Bonchev–Trinajstić information content (AvgIpc) is 3.09. The first kappa shape index (κ1) is 17.0. The first-order valence-corrected chi connectivity index (χ1v) is 8.52. The molecule has 7 heteroatoms. The third-order valence-corrected chi connectivity index (χ3v) is 4.97. The molecule has 3 rings (SSSR count). The first-order valence-electron chi connectivity index (χ1n) is 8.52. The SMILES string of the molecule is O=C(NC1CCC(C(F)(F)F)CC1)c1ccc(N2CCCC2)nc1. The summed E-state index contributed by atoms with van der Waals surface area (Å²) in [6.07, 6.45) is 0.648. The second-order valence-electron chi connectivity index (χ2n) is 6.66. The quantitative estimate of drug-likeness (QED) is 0.915. The van der Waals surface area contributed by atoms with Crippen molar-refractivity contribution in [3.63, 3.8) is 0 Å². The van der Waals surface area contributed by atoms with Crippen LogP contribution in [0.4, 0.5) is 19.0 Å². The van der Waals surface area contributed by atoms with E-state index < -0.39 is 12.1 Å². The second-order valence-corrected chi connectivity index (χ2v) is 6.66. The summed E-state index contributed by atoms with van der Waals surface area (Å²) in [5.41, 5.74) is 0.455. The van der Waals surface area contributed by atoms with Crippen LogP contribution in [0, 0.1) is 5.92 Å². The number of carbonyl (C=O) groups is 1. The number of rotatable bonds is 3. The van der Waals surface area contributed by atoms with E-state index in [-0.39, 0.29) is 24.8 Å². The molecule has 132 valence electrons. The first-order chi connectivity index (χ1) is 11.4. The van der Waals surface area contributed by atoms with E-state index in [1.54, 1.807) is 12.3 Å². The zero-order valence-electron chi connectivity index (χ0n) is 13.5. The van der Waals surface area contributed by atoms with Gasteiger partial charge in [0, 0.05) is 25.3 Å². The Hall–Kier alpha value is -1.79. The van der Waals surface area contributed by atoms with Crippen molar-refractivity contribution < 1.29 is 18.0 Å². The number of aromatic nitrogens is 1. The lowest BCUT2D eigenvalue weighted by Gasteiger charge is -2.30. The van der Waals surface area contributed by atoms with Crippen molar-refractivity contribution in [1.29, 1.82) is 0 Å². The highest BCUT2D eigenvalue weighted by atomic mass is 19.4. The largest absolute Gasteiger partial charge is 0.391 e. The van der Waals surface area contributed by atoms with Gasteiger partial charge in [0.05, 0.1) is 11.5 Å². The smallest absolute Gasteiger partial charge is 0.357 e. The summed E-state index contributed by atoms with van der Waals surface area (Å²) in [5.74, 6) is -0.618. The molecule has 1 aliphatic heterocycles. The van der Waals surface area contributed by atoms with Crippen molar-refractivity contribution in [2.75, 3.05) is 18.0 Å². The fraction of sp³-hybridized carbons (Fsp3) is 0.647. The Bertz CT molecular complexity index is 559. The Labute approximate surface area is 139 Å². The number of pyridine rings is 1. The molecule has 0 bridgehead atoms. The summed E-state index contributed by atoms with van der Waals surface area (Å²) in [6, 6.07) is 3.38. The van der Waals surface area contributed by atoms with E-state index in [0.717, 1.165) is 31.7 Å². The van der Waals surface area contributed by atoms with Gasteiger partial charge in [0.25, 0.3) is 5.91 Å². The minimum Gasteiger partial charge on any atom is -0.357 e. The molecule has 24 heavy (non-hydrogen) atoms. The van der Waals surface area contributed by atoms with Crippen LogP contribution in [-0.2, 0) is 0 Å². The van der Waals surface area contributed by atoms with Crippen molar-refractivity contribution >= 4 is 11.7 Å². The topological polar surface area (TPSA) is 45.2 Å². The molecule has 2 aliphatic rings. The van der Waals surface area contributed by atoms with Gasteiger partial charge in [-0.05, 0) is 50.7 Å². The lowest BCUT2D eigenvalue weighted by molar-refractivity contribution is -0.182. The van der Waals surface area contributed by atoms with E-state index in [2.05, 4.69) is 15.2 Å². The molecule has 1 aliphatic carbocycles. The summed E-state index contributed by atoms with van der Waals surface area (Å²) in [7, 11) is 0. The number of carbonyl (C=O) groups excluding carboxylic acids is 1. The van der Waals surface area contributed by atoms with Gasteiger partial charge in [0.15, 0.2) is 0 Å². The summed E-state index contributed by atoms with van der Waals surface area (Å²) < 4.78 is 38.0. The number of halogens is 3. The van der Waals surface area contributed by atoms with Crippen LogP contribution in [0.15, 0.2) is 18.3 Å². The molecule has 0 radical (unpaired) electrons. The zero-order chi connectivity index (χ0) is 17.2. The fourth-order valence-electron chi connectivity index (χ4n) is 3.49. The number of nitrogens with zero attached hydrogens (tertiary/aromatic N) is 2. The predicted molar refractivity (Wildman–Crippen MR) is 85.0 cm³/mol. The van der Waals surface area contributed by atoms with Crippen molar-refractivity contribution in [2.24, 2.45) is 5.92 Å². The van der Waals surface area contributed by atoms with Gasteiger partial charge in [0.1, 0.15) is 5.82 Å². The Morgan fingerprint density at radius 1 is 1.12 bits per heavy atom. The Balaban J connectivity index is 1.52. The van der Waals surface area contributed by atoms with Gasteiger partial charge < -0.3 is 10.2 Å². The van der Waals surface area contributed by atoms with Crippen LogP contribution in [0.25, 0.3) is 0 Å². The van der Waals surface area contributed by atoms with Crippen molar-refractivity contribution in [2.45, 2.75) is 50.7 Å². The normalized spacial score (nSPS) is 24.9. The van der Waals surface area contributed by atoms with E-state index in [4.69, 9.17) is 0 Å². The van der Waals surface area contributed by atoms with Gasteiger partial charge in [-0.3, -0.25) is 4.79 Å². The summed E-state index contributed by atoms with van der Waals surface area (Å²) in [4.78, 5) is 18.8. The van der Waals surface area contributed by atoms with Crippen molar-refractivity contribution in [3.8, 4) is 0 Å². The van der Waals surface area contributed by atoms with Gasteiger partial charge in [-0.15, -0.1) is 0 Å². The molecule has 1 amide bonds. The molecule has 1 aromatic heterocycles. The Morgan fingerprint density at radius 2 is 1.79 bits per heavy atom. The van der Waals surface area contributed by atoms with E-state index in [1.807, 2.05) is 6.07 Å². The van der Waals surface area contributed by atoms with E-state index >= 15 is 0 Å². The molecule has 1 saturated heterocycles. The zero-order valence-corrected chi connectivity index (χ0v) is 13.5. The highest BCUT2D eigenvalue weighted by molar-refractivity contribution is 5.94. The monoisotopic (exact) mass is 341 g/mol. The van der Waals surface area contributed by atoms with Crippen LogP contribution >= 0.6 is 0 Å². The van der Waals surface area contributed by atoms with Crippen LogP contribution in [0.2, 0.25) is 0 Å². The van der Waals surface area contributed by atoms with Gasteiger partial charge in [-0.1, -0.05) is 0 Å². The number of alkyl halides is 3. The van der Waals surface area contributed by atoms with E-state index in [9.17, 15) is 18.0 Å². The lowest BCUT2D eigenvalue weighted by atomic mass is 9.85. The minimum absolute atomic E-state index is 0.0839. The third kappa shape index (κ3) is 3.99. The van der Waals surface area contributed by atoms with Gasteiger partial charge in [-0.2, -0.15) is 13.2 Å². The second kappa shape index (κ2) is 6.99. The third-order valence-electron chi connectivity index (χ3n) is 4.97. The summed E-state index contributed by atoms with van der Waals surface area (Å²) in [6.45, 7) is 1.97. The number of anilines is 1. The highest BCUT2D eigenvalue weighted by Crippen LogP contribution is 2.37. The predicted octanol–water partition coefficient (Wildman–Crippen LogP) is 3.53. The van der Waals surface area contributed by atoms with Crippen LogP contribution in [0.5, 0.6) is 0 Å². The molecular formula is C17H22F3N3O. The number of nitrogens with one attached hydrogen (secondary N) is 1. The number of amides is 1. The molecule has 1 aromatic rings. The van der Waals surface area contributed by atoms with E-state index in [0.29, 0.717) is 18.4 Å². The molecule has 0 unspecified atom stereocenters. The molecular weight excluding hydrogens is 319 g/mol. The van der Waals surface area contributed by atoms with Crippen LogP contribution in [0.1, 0.15) is 48.9 Å². The summed E-state index contributed by atoms with van der Waals surface area (Å²) in [5, 5.41) is 2.84. The Kier molecular flexibility index (Phi) is 4.96. The standard InChI is InChI=1S/C17H22F3N3O/c18-17(19,20)13-4-6-14(7-5-13)22-16(24)12-3-8-15(21-11-12)23-9-1-2-10-23/h3,8,11,13-14H,1-2,4-7,9-10H2,(H,22,24). The molecule has 0 atom stereocenters.